The van der Waals surface area contributed by atoms with E-state index in [2.05, 4.69) is 15.3 Å². The second-order valence-electron chi connectivity index (χ2n) is 8.99. The molecule has 6 nitrogen and oxygen atoms in total. The lowest BCUT2D eigenvalue weighted by molar-refractivity contribution is -0.0712. The number of halogens is 3. The quantitative estimate of drug-likeness (QED) is 0.376. The third kappa shape index (κ3) is 5.20. The average molecular weight is 525 g/mol. The number of nitrogens with one attached hydrogen (secondary N) is 1. The molecule has 1 aliphatic rings. The lowest BCUT2D eigenvalue weighted by atomic mass is 9.98. The minimum absolute atomic E-state index is 0.00302. The van der Waals surface area contributed by atoms with Crippen LogP contribution in [0.15, 0.2) is 60.8 Å². The Labute approximate surface area is 215 Å². The van der Waals surface area contributed by atoms with Crippen LogP contribution in [0.1, 0.15) is 37.9 Å². The van der Waals surface area contributed by atoms with Gasteiger partial charge in [-0.05, 0) is 37.6 Å². The molecule has 190 valence electrons. The van der Waals surface area contributed by atoms with Gasteiger partial charge in [0, 0.05) is 36.2 Å². The molecule has 2 aromatic carbocycles. The number of amides is 2. The molecule has 0 aliphatic carbocycles. The van der Waals surface area contributed by atoms with E-state index in [-0.39, 0.29) is 23.5 Å². The fourth-order valence-corrected chi connectivity index (χ4v) is 5.47. The Kier molecular flexibility index (Phi) is 6.68. The number of hydrogen-bond donors (Lipinski definition) is 1. The number of rotatable bonds is 5. The zero-order valence-corrected chi connectivity index (χ0v) is 20.7. The smallest absolute Gasteiger partial charge is 0.266 e. The van der Waals surface area contributed by atoms with Crippen LogP contribution in [0.3, 0.4) is 0 Å². The number of nitrogens with zero attached hydrogens (tertiary/aromatic N) is 3. The fraction of sp³-hybridized carbons (Fsp3) is 0.259. The highest BCUT2D eigenvalue weighted by Gasteiger charge is 2.43. The molecule has 1 saturated heterocycles. The molecular weight excluding hydrogens is 501 g/mol. The number of pyridine rings is 1. The van der Waals surface area contributed by atoms with Crippen LogP contribution in [0, 0.1) is 12.7 Å². The Morgan fingerprint density at radius 1 is 1.16 bits per heavy atom. The van der Waals surface area contributed by atoms with Crippen molar-refractivity contribution in [2.75, 3.05) is 13.1 Å². The van der Waals surface area contributed by atoms with E-state index in [1.165, 1.54) is 18.2 Å². The number of carbonyl (C=O) groups is 2. The second-order valence-corrected chi connectivity index (χ2v) is 10.2. The van der Waals surface area contributed by atoms with Gasteiger partial charge in [-0.3, -0.25) is 14.6 Å². The molecule has 0 spiro atoms. The summed E-state index contributed by atoms with van der Waals surface area (Å²) in [4.78, 5) is 36.6. The summed E-state index contributed by atoms with van der Waals surface area (Å²) in [6, 6.07) is 13.9. The van der Waals surface area contributed by atoms with Crippen LogP contribution >= 0.6 is 11.3 Å². The molecule has 10 heteroatoms. The number of alkyl halides is 2. The molecule has 5 rings (SSSR count). The van der Waals surface area contributed by atoms with Crippen LogP contribution < -0.4 is 5.32 Å². The van der Waals surface area contributed by atoms with Gasteiger partial charge in [0.25, 0.3) is 17.7 Å². The first kappa shape index (κ1) is 24.9. The molecule has 1 N–H and O–H groups in total. The van der Waals surface area contributed by atoms with Crippen molar-refractivity contribution in [3.8, 4) is 11.3 Å². The normalized spacial score (nSPS) is 17.1. The minimum atomic E-state index is -3.06. The van der Waals surface area contributed by atoms with Crippen molar-refractivity contribution < 1.29 is 22.8 Å². The lowest BCUT2D eigenvalue weighted by Gasteiger charge is -2.39. The molecule has 0 saturated carbocycles. The van der Waals surface area contributed by atoms with E-state index >= 15 is 0 Å². The number of aryl methyl sites for hydroxylation is 1. The van der Waals surface area contributed by atoms with Crippen LogP contribution in [0.5, 0.6) is 0 Å². The van der Waals surface area contributed by atoms with Crippen LogP contribution in [0.2, 0.25) is 0 Å². The minimum Gasteiger partial charge on any atom is -0.350 e. The zero-order chi connectivity index (χ0) is 26.2. The topological polar surface area (TPSA) is 75.2 Å². The Balaban J connectivity index is 1.40. The molecule has 3 heterocycles. The van der Waals surface area contributed by atoms with E-state index in [0.29, 0.717) is 21.7 Å². The molecule has 1 unspecified atom stereocenters. The van der Waals surface area contributed by atoms with Gasteiger partial charge < -0.3 is 10.2 Å². The number of fused-ring (bicyclic) bond motifs is 1. The van der Waals surface area contributed by atoms with E-state index in [0.717, 1.165) is 21.6 Å². The average Bonchev–Trinajstić information content (AvgIpc) is 3.28. The van der Waals surface area contributed by atoms with Crippen molar-refractivity contribution in [3.63, 3.8) is 0 Å². The number of benzene rings is 2. The maximum absolute atomic E-state index is 14.5. The third-order valence-corrected chi connectivity index (χ3v) is 7.31. The largest absolute Gasteiger partial charge is 0.350 e. The maximum Gasteiger partial charge on any atom is 0.266 e. The van der Waals surface area contributed by atoms with Crippen LogP contribution in [-0.2, 0) is 0 Å². The molecule has 0 bridgehead atoms. The Hall–Kier alpha value is -3.79. The summed E-state index contributed by atoms with van der Waals surface area (Å²) in [5.74, 6) is -4.57. The number of likely N-dealkylation sites (tertiary alicyclic amines) is 1. The van der Waals surface area contributed by atoms with Crippen LogP contribution in [0.4, 0.5) is 13.2 Å². The maximum atomic E-state index is 14.5. The number of thiazole rings is 1. The predicted octanol–water partition coefficient (Wildman–Crippen LogP) is 5.48. The molecule has 1 atom stereocenters. The summed E-state index contributed by atoms with van der Waals surface area (Å²) in [6.07, 6.45) is 1.21. The first-order chi connectivity index (χ1) is 17.7. The van der Waals surface area contributed by atoms with Crippen molar-refractivity contribution in [2.24, 2.45) is 0 Å². The number of aromatic nitrogens is 2. The number of piperidine rings is 1. The van der Waals surface area contributed by atoms with Gasteiger partial charge in [0.15, 0.2) is 0 Å². The van der Waals surface area contributed by atoms with Gasteiger partial charge in [-0.25, -0.2) is 18.2 Å². The molecule has 0 radical (unpaired) electrons. The summed E-state index contributed by atoms with van der Waals surface area (Å²) in [5, 5.41) is 4.16. The molecule has 37 heavy (non-hydrogen) atoms. The molecule has 2 amide bonds. The van der Waals surface area contributed by atoms with E-state index in [1.54, 1.807) is 37.4 Å². The van der Waals surface area contributed by atoms with E-state index in [4.69, 9.17) is 0 Å². The van der Waals surface area contributed by atoms with E-state index in [1.807, 2.05) is 12.1 Å². The number of hydrogen-bond acceptors (Lipinski definition) is 5. The molecule has 4 aromatic rings. The van der Waals surface area contributed by atoms with Crippen molar-refractivity contribution >= 4 is 34.1 Å². The molecule has 1 fully saturated rings. The standard InChI is InChI=1S/C27H23F3N4O2S/c1-16-33-23(18-6-2-8-19(28)13-18)24(37-16)26(36)34-15-27(29,30)11-10-20(34)14-32-25(35)21-9-3-5-17-7-4-12-31-22(17)21/h2-9,12-13,20H,10-11,14-15H2,1H3,(H,32,35). The van der Waals surface area contributed by atoms with Gasteiger partial charge in [0.05, 0.1) is 28.3 Å². The van der Waals surface area contributed by atoms with Crippen LogP contribution in [0.25, 0.3) is 22.2 Å². The zero-order valence-electron chi connectivity index (χ0n) is 19.9. The predicted molar refractivity (Wildman–Crippen MR) is 135 cm³/mol. The fourth-order valence-electron chi connectivity index (χ4n) is 4.57. The van der Waals surface area contributed by atoms with Crippen molar-refractivity contribution in [1.29, 1.82) is 0 Å². The second kappa shape index (κ2) is 9.93. The van der Waals surface area contributed by atoms with Crippen LogP contribution in [-0.4, -0.2) is 51.7 Å². The summed E-state index contributed by atoms with van der Waals surface area (Å²) in [7, 11) is 0. The van der Waals surface area contributed by atoms with Gasteiger partial charge >= 0.3 is 0 Å². The van der Waals surface area contributed by atoms with Crippen molar-refractivity contribution in [2.45, 2.75) is 31.7 Å². The first-order valence-electron chi connectivity index (χ1n) is 11.8. The summed E-state index contributed by atoms with van der Waals surface area (Å²) < 4.78 is 42.8. The monoisotopic (exact) mass is 524 g/mol. The highest BCUT2D eigenvalue weighted by Crippen LogP contribution is 2.35. The van der Waals surface area contributed by atoms with Gasteiger partial charge in [0.1, 0.15) is 10.7 Å². The van der Waals surface area contributed by atoms with Gasteiger partial charge in [-0.1, -0.05) is 30.3 Å². The molecule has 2 aromatic heterocycles. The lowest BCUT2D eigenvalue weighted by Crippen LogP contribution is -2.55. The van der Waals surface area contributed by atoms with E-state index < -0.39 is 42.6 Å². The Morgan fingerprint density at radius 2 is 1.95 bits per heavy atom. The van der Waals surface area contributed by atoms with E-state index in [9.17, 15) is 22.8 Å². The summed E-state index contributed by atoms with van der Waals surface area (Å²) in [6.45, 7) is 0.920. The van der Waals surface area contributed by atoms with Gasteiger partial charge in [-0.2, -0.15) is 0 Å². The summed E-state index contributed by atoms with van der Waals surface area (Å²) >= 11 is 1.08. The van der Waals surface area contributed by atoms with Crippen molar-refractivity contribution in [3.05, 3.63) is 82.1 Å². The highest BCUT2D eigenvalue weighted by atomic mass is 32.1. The Morgan fingerprint density at radius 3 is 2.76 bits per heavy atom. The Bertz CT molecular complexity index is 1480. The first-order valence-corrected chi connectivity index (χ1v) is 12.6. The third-order valence-electron chi connectivity index (χ3n) is 6.35. The molecule has 1 aliphatic heterocycles. The molecular formula is C27H23F3N4O2S. The van der Waals surface area contributed by atoms with Crippen molar-refractivity contribution in [1.82, 2.24) is 20.2 Å². The highest BCUT2D eigenvalue weighted by molar-refractivity contribution is 7.14. The number of para-hydroxylation sites is 1. The number of carbonyl (C=O) groups excluding carboxylic acids is 2. The summed E-state index contributed by atoms with van der Waals surface area (Å²) in [5.41, 5.74) is 1.55. The van der Waals surface area contributed by atoms with Gasteiger partial charge in [-0.15, -0.1) is 11.3 Å². The SMILES string of the molecule is Cc1nc(-c2cccc(F)c2)c(C(=O)N2CC(F)(F)CCC2CNC(=O)c2cccc3cccnc23)s1. The van der Waals surface area contributed by atoms with Gasteiger partial charge in [0.2, 0.25) is 0 Å².